The quantitative estimate of drug-likeness (QED) is 0.774. The number of halogens is 4. The predicted octanol–water partition coefficient (Wildman–Crippen LogP) is 4.18. The molecule has 0 aliphatic carbocycles. The van der Waals surface area contributed by atoms with Crippen LogP contribution in [0.25, 0.3) is 0 Å². The highest BCUT2D eigenvalue weighted by Gasteiger charge is 2.34. The molecule has 2 rings (SSSR count). The smallest absolute Gasteiger partial charge is 0.419 e. The standard InChI is InChI=1S/C17H16F4N2O3/c1-25-12-6-11(7-13(8-12)26-2)23-16(24)22-9-10-4-3-5-14(15(10)18)17(19,20)21/h3-8H,9H2,1-2H3,(H2,22,23,24). The molecule has 2 N–H and O–H groups in total. The van der Waals surface area contributed by atoms with Gasteiger partial charge in [-0.2, -0.15) is 13.2 Å². The van der Waals surface area contributed by atoms with Gasteiger partial charge in [-0.25, -0.2) is 9.18 Å². The normalized spacial score (nSPS) is 11.0. The Kier molecular flexibility index (Phi) is 5.91. The highest BCUT2D eigenvalue weighted by Crippen LogP contribution is 2.32. The van der Waals surface area contributed by atoms with Crippen LogP contribution < -0.4 is 20.1 Å². The van der Waals surface area contributed by atoms with E-state index in [1.165, 1.54) is 32.4 Å². The lowest BCUT2D eigenvalue weighted by atomic mass is 10.1. The number of methoxy groups -OCH3 is 2. The fraction of sp³-hybridized carbons (Fsp3) is 0.235. The Morgan fingerprint density at radius 2 is 1.69 bits per heavy atom. The van der Waals surface area contributed by atoms with Crippen molar-refractivity contribution in [2.24, 2.45) is 0 Å². The molecule has 0 spiro atoms. The molecule has 2 aromatic carbocycles. The molecule has 0 aliphatic rings. The van der Waals surface area contributed by atoms with E-state index in [1.54, 1.807) is 6.07 Å². The first kappa shape index (κ1) is 19.4. The second kappa shape index (κ2) is 7.94. The van der Waals surface area contributed by atoms with Gasteiger partial charge in [0.05, 0.1) is 19.8 Å². The molecule has 0 bridgehead atoms. The number of rotatable bonds is 5. The van der Waals surface area contributed by atoms with Gasteiger partial charge in [0, 0.05) is 36.0 Å². The summed E-state index contributed by atoms with van der Waals surface area (Å²) >= 11 is 0. The minimum atomic E-state index is -4.81. The van der Waals surface area contributed by atoms with Crippen molar-refractivity contribution in [3.8, 4) is 11.5 Å². The van der Waals surface area contributed by atoms with Gasteiger partial charge in [0.15, 0.2) is 0 Å². The lowest BCUT2D eigenvalue weighted by Gasteiger charge is -2.13. The third-order valence-electron chi connectivity index (χ3n) is 3.43. The number of hydrogen-bond donors (Lipinski definition) is 2. The fourth-order valence-corrected chi connectivity index (χ4v) is 2.17. The van der Waals surface area contributed by atoms with Gasteiger partial charge in [-0.05, 0) is 6.07 Å². The fourth-order valence-electron chi connectivity index (χ4n) is 2.17. The van der Waals surface area contributed by atoms with E-state index in [1.807, 2.05) is 0 Å². The Morgan fingerprint density at radius 3 is 2.23 bits per heavy atom. The van der Waals surface area contributed by atoms with E-state index in [2.05, 4.69) is 10.6 Å². The third kappa shape index (κ3) is 4.78. The monoisotopic (exact) mass is 372 g/mol. The molecule has 140 valence electrons. The largest absolute Gasteiger partial charge is 0.497 e. The number of alkyl halides is 3. The Labute approximate surface area is 146 Å². The van der Waals surface area contributed by atoms with Crippen LogP contribution >= 0.6 is 0 Å². The van der Waals surface area contributed by atoms with Crippen molar-refractivity contribution in [3.63, 3.8) is 0 Å². The molecule has 0 saturated carbocycles. The average molecular weight is 372 g/mol. The topological polar surface area (TPSA) is 59.6 Å². The van der Waals surface area contributed by atoms with Gasteiger partial charge in [-0.15, -0.1) is 0 Å². The number of hydrogen-bond acceptors (Lipinski definition) is 3. The summed E-state index contributed by atoms with van der Waals surface area (Å²) in [5, 5.41) is 4.77. The van der Waals surface area contributed by atoms with Crippen LogP contribution in [0.2, 0.25) is 0 Å². The molecule has 9 heteroatoms. The van der Waals surface area contributed by atoms with Crippen molar-refractivity contribution in [1.29, 1.82) is 0 Å². The SMILES string of the molecule is COc1cc(NC(=O)NCc2cccc(C(F)(F)F)c2F)cc(OC)c1. The molecular weight excluding hydrogens is 356 g/mol. The first-order valence-electron chi connectivity index (χ1n) is 7.37. The summed E-state index contributed by atoms with van der Waals surface area (Å²) in [5.41, 5.74) is -1.32. The van der Waals surface area contributed by atoms with E-state index in [9.17, 15) is 22.4 Å². The van der Waals surface area contributed by atoms with E-state index in [0.717, 1.165) is 6.07 Å². The van der Waals surface area contributed by atoms with Crippen molar-refractivity contribution in [1.82, 2.24) is 5.32 Å². The zero-order valence-electron chi connectivity index (χ0n) is 13.9. The van der Waals surface area contributed by atoms with Gasteiger partial charge in [0.2, 0.25) is 0 Å². The maximum absolute atomic E-state index is 13.9. The molecule has 0 aromatic heterocycles. The van der Waals surface area contributed by atoms with Crippen molar-refractivity contribution < 1.29 is 31.8 Å². The summed E-state index contributed by atoms with van der Waals surface area (Å²) in [5.74, 6) is -0.546. The van der Waals surface area contributed by atoms with Crippen LogP contribution in [0.3, 0.4) is 0 Å². The summed E-state index contributed by atoms with van der Waals surface area (Å²) in [6, 6.07) is 6.80. The Hall–Kier alpha value is -2.97. The molecule has 5 nitrogen and oxygen atoms in total. The van der Waals surface area contributed by atoms with Crippen LogP contribution in [-0.4, -0.2) is 20.3 Å². The van der Waals surface area contributed by atoms with Gasteiger partial charge >= 0.3 is 12.2 Å². The molecule has 0 atom stereocenters. The van der Waals surface area contributed by atoms with Crippen molar-refractivity contribution in [2.75, 3.05) is 19.5 Å². The molecule has 0 radical (unpaired) electrons. The van der Waals surface area contributed by atoms with Crippen molar-refractivity contribution in [2.45, 2.75) is 12.7 Å². The first-order chi connectivity index (χ1) is 12.2. The number of ether oxygens (including phenoxy) is 2. The maximum Gasteiger partial charge on any atom is 0.419 e. The van der Waals surface area contributed by atoms with Crippen LogP contribution in [-0.2, 0) is 12.7 Å². The molecule has 0 fully saturated rings. The van der Waals surface area contributed by atoms with Crippen LogP contribution in [0.1, 0.15) is 11.1 Å². The second-order valence-corrected chi connectivity index (χ2v) is 5.19. The van der Waals surface area contributed by atoms with E-state index in [4.69, 9.17) is 9.47 Å². The summed E-state index contributed by atoms with van der Waals surface area (Å²) in [4.78, 5) is 11.9. The highest BCUT2D eigenvalue weighted by molar-refractivity contribution is 5.89. The second-order valence-electron chi connectivity index (χ2n) is 5.19. The van der Waals surface area contributed by atoms with Crippen LogP contribution in [0.15, 0.2) is 36.4 Å². The number of nitrogens with one attached hydrogen (secondary N) is 2. The molecule has 2 aromatic rings. The number of urea groups is 1. The molecule has 0 aliphatic heterocycles. The summed E-state index contributed by atoms with van der Waals surface area (Å²) < 4.78 is 62.1. The summed E-state index contributed by atoms with van der Waals surface area (Å²) in [7, 11) is 2.88. The lowest BCUT2D eigenvalue weighted by molar-refractivity contribution is -0.140. The number of anilines is 1. The van der Waals surface area contributed by atoms with E-state index >= 15 is 0 Å². The van der Waals surface area contributed by atoms with E-state index in [-0.39, 0.29) is 5.56 Å². The maximum atomic E-state index is 13.9. The van der Waals surface area contributed by atoms with E-state index < -0.39 is 30.1 Å². The average Bonchev–Trinajstić information content (AvgIpc) is 2.59. The van der Waals surface area contributed by atoms with Crippen LogP contribution in [0.5, 0.6) is 11.5 Å². The van der Waals surface area contributed by atoms with E-state index in [0.29, 0.717) is 23.3 Å². The third-order valence-corrected chi connectivity index (χ3v) is 3.43. The number of benzene rings is 2. The minimum Gasteiger partial charge on any atom is -0.497 e. The molecular formula is C17H16F4N2O3. The first-order valence-corrected chi connectivity index (χ1v) is 7.37. The Balaban J connectivity index is 2.06. The minimum absolute atomic E-state index is 0.279. The molecule has 2 amide bonds. The highest BCUT2D eigenvalue weighted by atomic mass is 19.4. The molecule has 26 heavy (non-hydrogen) atoms. The molecule has 0 unspecified atom stereocenters. The van der Waals surface area contributed by atoms with Gasteiger partial charge < -0.3 is 20.1 Å². The summed E-state index contributed by atoms with van der Waals surface area (Å²) in [6.45, 7) is -0.414. The zero-order valence-corrected chi connectivity index (χ0v) is 13.9. The van der Waals surface area contributed by atoms with Crippen LogP contribution in [0, 0.1) is 5.82 Å². The molecule has 0 heterocycles. The molecule has 0 saturated heterocycles. The number of carbonyl (C=O) groups is 1. The number of carbonyl (C=O) groups excluding carboxylic acids is 1. The van der Waals surface area contributed by atoms with Crippen LogP contribution in [0.4, 0.5) is 28.0 Å². The van der Waals surface area contributed by atoms with Crippen molar-refractivity contribution in [3.05, 3.63) is 53.3 Å². The summed E-state index contributed by atoms with van der Waals surface area (Å²) in [6.07, 6.45) is -4.81. The Morgan fingerprint density at radius 1 is 1.08 bits per heavy atom. The Bertz CT molecular complexity index is 772. The predicted molar refractivity (Wildman–Crippen MR) is 86.8 cm³/mol. The zero-order chi connectivity index (χ0) is 19.3. The van der Waals surface area contributed by atoms with Crippen molar-refractivity contribution >= 4 is 11.7 Å². The lowest BCUT2D eigenvalue weighted by Crippen LogP contribution is -2.28. The van der Waals surface area contributed by atoms with Gasteiger partial charge in [0.1, 0.15) is 17.3 Å². The van der Waals surface area contributed by atoms with Gasteiger partial charge in [-0.3, -0.25) is 0 Å². The van der Waals surface area contributed by atoms with Gasteiger partial charge in [-0.1, -0.05) is 12.1 Å². The van der Waals surface area contributed by atoms with Gasteiger partial charge in [0.25, 0.3) is 0 Å². The number of amides is 2.